The number of aryl methyl sites for hydroxylation is 3. The number of rotatable bonds is 23. The molecule has 35 heteroatoms. The van der Waals surface area contributed by atoms with Gasteiger partial charge in [0.25, 0.3) is 0 Å². The number of nitrogen functional groups attached to an aromatic ring is 1. The van der Waals surface area contributed by atoms with Crippen LogP contribution in [-0.4, -0.2) is 188 Å². The van der Waals surface area contributed by atoms with Crippen molar-refractivity contribution in [1.82, 2.24) is 98.1 Å². The minimum absolute atomic E-state index is 0.0256. The van der Waals surface area contributed by atoms with Crippen LogP contribution in [0.15, 0.2) is 225 Å². The van der Waals surface area contributed by atoms with Gasteiger partial charge >= 0.3 is 36.9 Å². The van der Waals surface area contributed by atoms with Gasteiger partial charge in [0, 0.05) is 183 Å². The van der Waals surface area contributed by atoms with E-state index < -0.39 is 11.2 Å². The van der Waals surface area contributed by atoms with Gasteiger partial charge in [-0.3, -0.25) is 22.8 Å². The van der Waals surface area contributed by atoms with Crippen LogP contribution in [0.4, 0.5) is 32.9 Å². The molecule has 11 aromatic heterocycles. The Morgan fingerprint density at radius 1 is 0.492 bits per heavy atom. The molecule has 3 aromatic carbocycles. The van der Waals surface area contributed by atoms with Crippen molar-refractivity contribution >= 4 is 73.3 Å². The molecule has 3 saturated heterocycles. The summed E-state index contributed by atoms with van der Waals surface area (Å²) >= 11 is 3.19. The third-order valence-electron chi connectivity index (χ3n) is 20.5. The number of fused-ring (bicyclic) bond motifs is 2. The Kier molecular flexibility index (Phi) is 31.6. The van der Waals surface area contributed by atoms with Gasteiger partial charge < -0.3 is 65.2 Å². The van der Waals surface area contributed by atoms with E-state index in [0.29, 0.717) is 58.2 Å². The summed E-state index contributed by atoms with van der Waals surface area (Å²) in [6.07, 6.45) is 33.9. The normalized spacial score (nSPS) is 13.7. The molecule has 0 bridgehead atoms. The van der Waals surface area contributed by atoms with Crippen LogP contribution >= 0.6 is 12.8 Å². The molecule has 0 unspecified atom stereocenters. The molecule has 3 aliphatic heterocycles. The first-order valence-electron chi connectivity index (χ1n) is 42.5. The second-order valence-electron chi connectivity index (χ2n) is 32.7. The molecule has 17 rings (SSSR count). The van der Waals surface area contributed by atoms with Crippen LogP contribution < -0.4 is 41.2 Å². The van der Waals surface area contributed by atoms with Crippen LogP contribution in [0.5, 0.6) is 17.2 Å². The molecule has 3 fully saturated rings. The Balaban J connectivity index is 0.000000149. The number of carbonyl (C=O) groups is 2. The van der Waals surface area contributed by atoms with E-state index in [1.54, 1.807) is 62.7 Å². The number of likely N-dealkylation sites (tertiary alicyclic amines) is 2. The molecule has 128 heavy (non-hydrogen) atoms. The van der Waals surface area contributed by atoms with Gasteiger partial charge in [-0.2, -0.15) is 15.3 Å². The number of pyridine rings is 3. The van der Waals surface area contributed by atoms with Crippen molar-refractivity contribution in [3.63, 3.8) is 0 Å². The van der Waals surface area contributed by atoms with Crippen LogP contribution in [0.1, 0.15) is 109 Å². The number of imidazole rings is 2. The maximum atomic E-state index is 12.4. The number of aromatic nitrogens is 17. The molecule has 663 valence electrons. The number of piperidine rings is 3. The number of nitrogens with two attached hydrogens (primary N) is 1. The Bertz CT molecular complexity index is 5950. The second-order valence-corrected chi connectivity index (χ2v) is 32.9. The Morgan fingerprint density at radius 2 is 0.875 bits per heavy atom. The van der Waals surface area contributed by atoms with Crippen molar-refractivity contribution in [2.75, 3.05) is 67.6 Å². The number of nitrogens with one attached hydrogen (secondary N) is 4. The van der Waals surface area contributed by atoms with E-state index in [2.05, 4.69) is 179 Å². The second kappa shape index (κ2) is 44.2. The summed E-state index contributed by atoms with van der Waals surface area (Å²) in [5.41, 5.74) is 20.6. The van der Waals surface area contributed by atoms with Gasteiger partial charge in [-0.1, -0.05) is 72.8 Å². The van der Waals surface area contributed by atoms with E-state index in [1.165, 1.54) is 11.1 Å². The number of nitrogens with zero attached hydrogens (tertiary/aromatic N) is 20. The molecule has 6 N–H and O–H groups in total. The SMILES string of the molecule is CC(C)(C)OC(=O)N1CCC(Oc2ccnc(N)c2)CC1.CCO/C=C/c1cc(NCc2ccc(-c3cnn(C)c3)cc2)ncn1.Cn1cc(-c2ccc(CNc3cc(-c4cnc5cc(OC6CCN(C(=O)OC(C)(C)C)CC6)ccn45)ncn3)cc2)cn1.Cn1cc(-c2ccc(CNc3cc(-c4cnc5cc(OC6CCNCC6)ccn45)ncn3)cc2)cn1.[B]=NS. The third kappa shape index (κ3) is 27.2. The first-order valence-corrected chi connectivity index (χ1v) is 42.9. The van der Waals surface area contributed by atoms with Crippen LogP contribution in [0.3, 0.4) is 0 Å². The zero-order valence-electron chi connectivity index (χ0n) is 73.7. The van der Waals surface area contributed by atoms with Gasteiger partial charge in [-0.15, -0.1) is 0 Å². The fourth-order valence-corrected chi connectivity index (χ4v) is 14.1. The number of hydrogen-bond acceptors (Lipinski definition) is 27. The molecular formula is C93H109BN25O8S. The van der Waals surface area contributed by atoms with Crippen molar-refractivity contribution in [3.05, 3.63) is 243 Å². The molecule has 0 saturated carbocycles. The van der Waals surface area contributed by atoms with Crippen molar-refractivity contribution < 1.29 is 38.0 Å². The number of thiol groups is 1. The fraction of sp³-hybridized carbons (Fsp3) is 0.333. The zero-order valence-corrected chi connectivity index (χ0v) is 74.6. The van der Waals surface area contributed by atoms with Gasteiger partial charge in [0.1, 0.15) is 100 Å². The van der Waals surface area contributed by atoms with Gasteiger partial charge in [-0.05, 0) is 132 Å². The Labute approximate surface area is 751 Å². The summed E-state index contributed by atoms with van der Waals surface area (Å²) in [7, 11) is 10.1. The average Bonchev–Trinajstić information content (AvgIpc) is 1.65. The molecule has 14 heterocycles. The van der Waals surface area contributed by atoms with Gasteiger partial charge in [0.2, 0.25) is 0 Å². The van der Waals surface area contributed by atoms with Gasteiger partial charge in [0.05, 0.1) is 72.3 Å². The van der Waals surface area contributed by atoms with Crippen molar-refractivity contribution in [2.24, 2.45) is 25.4 Å². The Morgan fingerprint density at radius 3 is 1.25 bits per heavy atom. The molecule has 33 nitrogen and oxygen atoms in total. The number of carbonyl (C=O) groups excluding carboxylic acids is 2. The van der Waals surface area contributed by atoms with E-state index in [-0.39, 0.29) is 30.5 Å². The maximum absolute atomic E-state index is 12.4. The molecule has 1 radical (unpaired) electrons. The van der Waals surface area contributed by atoms with Gasteiger partial charge in [-0.25, -0.2) is 54.4 Å². The molecule has 14 aromatic rings. The summed E-state index contributed by atoms with van der Waals surface area (Å²) in [5, 5.41) is 26.2. The average molecular weight is 1750 g/mol. The number of ether oxygens (including phenoxy) is 6. The quantitative estimate of drug-likeness (QED) is 0.0197. The molecule has 0 aliphatic carbocycles. The van der Waals surface area contributed by atoms with Crippen LogP contribution in [-0.2, 0) is 55.0 Å². The summed E-state index contributed by atoms with van der Waals surface area (Å²) in [6, 6.07) is 42.4. The predicted molar refractivity (Wildman–Crippen MR) is 498 cm³/mol. The monoisotopic (exact) mass is 1750 g/mol. The van der Waals surface area contributed by atoms with Gasteiger partial charge in [0.15, 0.2) is 0 Å². The number of benzene rings is 3. The first kappa shape index (κ1) is 91.6. The molecule has 2 amide bonds. The van der Waals surface area contributed by atoms with E-state index >= 15 is 0 Å². The first-order chi connectivity index (χ1) is 61.9. The predicted octanol–water partition coefficient (Wildman–Crippen LogP) is 15.6. The van der Waals surface area contributed by atoms with Crippen molar-refractivity contribution in [3.8, 4) is 73.4 Å². The minimum atomic E-state index is -0.499. The summed E-state index contributed by atoms with van der Waals surface area (Å²) in [5.74, 6) is 5.04. The number of anilines is 4. The summed E-state index contributed by atoms with van der Waals surface area (Å²) < 4.78 is 46.5. The van der Waals surface area contributed by atoms with Crippen LogP contribution in [0.25, 0.3) is 73.5 Å². The molecule has 3 aliphatic rings. The molecular weight excluding hydrogens is 1640 g/mol. The number of hydrogen-bond donors (Lipinski definition) is 6. The van der Waals surface area contributed by atoms with E-state index in [0.717, 1.165) is 165 Å². The third-order valence-corrected chi connectivity index (χ3v) is 20.5. The molecule has 0 atom stereocenters. The standard InChI is InChI=1S/C32H36N8O3.C27H28N8O.C19H21N5O.C15H23N3O3.BHNS/c1-32(2,3)43-31(41)39-12-9-25(10-13-39)42-26-11-14-40-28(19-34-30(40)15-26)27-16-29(36-21-35-27)33-17-22-5-7-23(8-6-22)24-18-37-38(4)20-24;1-34-17-21(15-33-34)20-4-2-19(3-5-20)14-29-26-13-24(31-18-32-26)25-16-30-27-12-23(8-11-35(25)27)36-22-6-9-28-10-7-22;1-3-25-9-8-18-10-19(22-14-21-18)20-11-15-4-6-16(7-5-15)17-12-23-24(2)13-17;1-15(2,3)21-14(19)18-8-5-11(6-9-18)20-12-4-7-17-13(16)10-12;1-2-3/h5-8,11,14-16,18-21,25H,9-10,12-13,17H2,1-4H3,(H,33,35,36);2-5,8,11-13,15-18,22,28H,6-7,9-10,14H2,1H3,(H,29,31,32);4-10,12-14H,3,11H2,1-2H3,(H,20,21,22);4,7,10-11H,5-6,8-9H2,1-3H3,(H2,16,17);3H/b;;9-8+;;. The fourth-order valence-electron chi connectivity index (χ4n) is 14.1. The van der Waals surface area contributed by atoms with Crippen LogP contribution in [0, 0.1) is 0 Å². The van der Waals surface area contributed by atoms with E-state index in [1.807, 2.05) is 194 Å². The molecule has 0 spiro atoms. The van der Waals surface area contributed by atoms with Crippen molar-refractivity contribution in [2.45, 2.75) is 136 Å². The zero-order chi connectivity index (χ0) is 89.9. The topological polar surface area (TPSA) is 361 Å². The van der Waals surface area contributed by atoms with E-state index in [9.17, 15) is 9.59 Å². The summed E-state index contributed by atoms with van der Waals surface area (Å²) in [4.78, 5) is 67.2. The number of amides is 2. The Hall–Kier alpha value is -14.1. The van der Waals surface area contributed by atoms with E-state index in [4.69, 9.17) is 34.2 Å². The summed E-state index contributed by atoms with van der Waals surface area (Å²) in [6.45, 7) is 20.3. The van der Waals surface area contributed by atoms with Crippen molar-refractivity contribution in [1.29, 1.82) is 0 Å². The van der Waals surface area contributed by atoms with Crippen LogP contribution in [0.2, 0.25) is 0 Å².